The number of hydrogen-bond donors (Lipinski definition) is 1. The Morgan fingerprint density at radius 3 is 2.61 bits per heavy atom. The molecule has 1 N–H and O–H groups in total. The first-order valence-electron chi connectivity index (χ1n) is 5.24. The third-order valence-corrected chi connectivity index (χ3v) is 3.13. The molecule has 1 aliphatic rings. The van der Waals surface area contributed by atoms with Crippen molar-refractivity contribution >= 4 is 28.3 Å². The largest absolute Gasteiger partial charge is 0.573 e. The Morgan fingerprint density at radius 1 is 1.33 bits per heavy atom. The smallest absolute Gasteiger partial charge is 0.405 e. The van der Waals surface area contributed by atoms with E-state index in [4.69, 9.17) is 0 Å². The Kier molecular flexibility index (Phi) is 5.31. The summed E-state index contributed by atoms with van der Waals surface area (Å²) >= 11 is 3.26. The lowest BCUT2D eigenvalue weighted by molar-refractivity contribution is -0.275. The average Bonchev–Trinajstić information content (AvgIpc) is 2.71. The van der Waals surface area contributed by atoms with Crippen LogP contribution in [-0.4, -0.2) is 12.9 Å². The van der Waals surface area contributed by atoms with Crippen LogP contribution in [0.1, 0.15) is 24.4 Å². The lowest BCUT2D eigenvalue weighted by atomic mass is 10.0. The quantitative estimate of drug-likeness (QED) is 0.867. The fourth-order valence-corrected chi connectivity index (χ4v) is 2.34. The minimum absolute atomic E-state index is 0. The Hall–Kier alpha value is -0.460. The van der Waals surface area contributed by atoms with Crippen LogP contribution in [0.4, 0.5) is 13.2 Å². The molecule has 1 aliphatic heterocycles. The van der Waals surface area contributed by atoms with Gasteiger partial charge in [0.15, 0.2) is 0 Å². The normalized spacial score (nSPS) is 19.4. The molecule has 2 rings (SSSR count). The second kappa shape index (κ2) is 6.12. The molecule has 0 amide bonds. The Bertz CT molecular complexity index is 408. The Labute approximate surface area is 117 Å². The lowest BCUT2D eigenvalue weighted by Crippen LogP contribution is -2.20. The van der Waals surface area contributed by atoms with Crippen molar-refractivity contribution in [3.8, 4) is 5.75 Å². The minimum atomic E-state index is -4.65. The van der Waals surface area contributed by atoms with Gasteiger partial charge in [0, 0.05) is 16.1 Å². The van der Waals surface area contributed by atoms with Gasteiger partial charge < -0.3 is 10.1 Å². The topological polar surface area (TPSA) is 21.3 Å². The van der Waals surface area contributed by atoms with E-state index >= 15 is 0 Å². The van der Waals surface area contributed by atoms with Crippen LogP contribution in [0.15, 0.2) is 22.7 Å². The van der Waals surface area contributed by atoms with Crippen molar-refractivity contribution in [2.24, 2.45) is 0 Å². The van der Waals surface area contributed by atoms with Crippen molar-refractivity contribution in [2.45, 2.75) is 25.2 Å². The first-order chi connectivity index (χ1) is 7.96. The fourth-order valence-electron chi connectivity index (χ4n) is 1.96. The summed E-state index contributed by atoms with van der Waals surface area (Å²) in [5.74, 6) is -0.125. The second-order valence-corrected chi connectivity index (χ2v) is 4.79. The highest BCUT2D eigenvalue weighted by molar-refractivity contribution is 9.10. The Balaban J connectivity index is 0.00000162. The summed E-state index contributed by atoms with van der Waals surface area (Å²) in [4.78, 5) is 0. The summed E-state index contributed by atoms with van der Waals surface area (Å²) < 4.78 is 41.5. The highest BCUT2D eigenvalue weighted by atomic mass is 79.9. The SMILES string of the molecule is Cl.FC(F)(F)Oc1ccc(Br)cc1[C@@H]1CCCN1. The van der Waals surface area contributed by atoms with E-state index in [0.717, 1.165) is 23.9 Å². The molecule has 1 aromatic rings. The molecule has 102 valence electrons. The zero-order valence-corrected chi connectivity index (χ0v) is 11.7. The van der Waals surface area contributed by atoms with Gasteiger partial charge in [-0.2, -0.15) is 0 Å². The Morgan fingerprint density at radius 2 is 2.06 bits per heavy atom. The van der Waals surface area contributed by atoms with Gasteiger partial charge in [0.25, 0.3) is 0 Å². The molecule has 0 aromatic heterocycles. The molecule has 1 fully saturated rings. The van der Waals surface area contributed by atoms with Gasteiger partial charge in [0.1, 0.15) is 5.75 Å². The van der Waals surface area contributed by atoms with E-state index in [1.807, 2.05) is 0 Å². The maximum Gasteiger partial charge on any atom is 0.573 e. The fraction of sp³-hybridized carbons (Fsp3) is 0.455. The van der Waals surface area contributed by atoms with Crippen LogP contribution < -0.4 is 10.1 Å². The molecule has 2 nitrogen and oxygen atoms in total. The maximum atomic E-state index is 12.3. The van der Waals surface area contributed by atoms with Gasteiger partial charge in [-0.3, -0.25) is 0 Å². The third-order valence-electron chi connectivity index (χ3n) is 2.63. The van der Waals surface area contributed by atoms with Crippen LogP contribution in [0.25, 0.3) is 0 Å². The van der Waals surface area contributed by atoms with Crippen LogP contribution in [0, 0.1) is 0 Å². The van der Waals surface area contributed by atoms with Crippen molar-refractivity contribution in [1.29, 1.82) is 0 Å². The second-order valence-electron chi connectivity index (χ2n) is 3.88. The number of rotatable bonds is 2. The third kappa shape index (κ3) is 4.03. The molecule has 1 aromatic carbocycles. The first-order valence-corrected chi connectivity index (χ1v) is 6.03. The summed E-state index contributed by atoms with van der Waals surface area (Å²) in [5.41, 5.74) is 0.550. The molecule has 18 heavy (non-hydrogen) atoms. The summed E-state index contributed by atoms with van der Waals surface area (Å²) in [5, 5.41) is 3.16. The standard InChI is InChI=1S/C11H11BrF3NO.ClH/c12-7-3-4-10(17-11(13,14)15)8(6-7)9-2-1-5-16-9;/h3-4,6,9,16H,1-2,5H2;1H/t9-;/m0./s1. The monoisotopic (exact) mass is 345 g/mol. The molecule has 0 unspecified atom stereocenters. The van der Waals surface area contributed by atoms with Crippen LogP contribution >= 0.6 is 28.3 Å². The molecule has 0 spiro atoms. The molecular weight excluding hydrogens is 334 g/mol. The number of hydrogen-bond acceptors (Lipinski definition) is 2. The van der Waals surface area contributed by atoms with E-state index in [0.29, 0.717) is 5.56 Å². The van der Waals surface area contributed by atoms with E-state index in [1.165, 1.54) is 6.07 Å². The lowest BCUT2D eigenvalue weighted by Gasteiger charge is -2.17. The molecule has 1 saturated heterocycles. The van der Waals surface area contributed by atoms with Gasteiger partial charge >= 0.3 is 6.36 Å². The zero-order chi connectivity index (χ0) is 12.5. The van der Waals surface area contributed by atoms with Gasteiger partial charge in [-0.1, -0.05) is 15.9 Å². The van der Waals surface area contributed by atoms with E-state index in [2.05, 4.69) is 26.0 Å². The van der Waals surface area contributed by atoms with Crippen molar-refractivity contribution in [3.63, 3.8) is 0 Å². The predicted octanol–water partition coefficient (Wildman–Crippen LogP) is 4.19. The molecular formula is C11H12BrClF3NO. The van der Waals surface area contributed by atoms with Crippen molar-refractivity contribution in [1.82, 2.24) is 5.32 Å². The number of halogens is 5. The summed E-state index contributed by atoms with van der Waals surface area (Å²) in [6.45, 7) is 0.822. The first kappa shape index (κ1) is 15.6. The summed E-state index contributed by atoms with van der Waals surface area (Å²) in [6, 6.07) is 4.49. The summed E-state index contributed by atoms with van der Waals surface area (Å²) in [6.07, 6.45) is -2.87. The van der Waals surface area contributed by atoms with Gasteiger partial charge in [-0.05, 0) is 37.6 Å². The highest BCUT2D eigenvalue weighted by Gasteiger charge is 2.33. The number of alkyl halides is 3. The van der Waals surface area contributed by atoms with Gasteiger partial charge in [-0.15, -0.1) is 25.6 Å². The van der Waals surface area contributed by atoms with E-state index < -0.39 is 6.36 Å². The minimum Gasteiger partial charge on any atom is -0.405 e. The summed E-state index contributed by atoms with van der Waals surface area (Å²) in [7, 11) is 0. The van der Waals surface area contributed by atoms with Crippen molar-refractivity contribution in [3.05, 3.63) is 28.2 Å². The molecule has 0 bridgehead atoms. The number of benzene rings is 1. The van der Waals surface area contributed by atoms with E-state index in [9.17, 15) is 13.2 Å². The molecule has 7 heteroatoms. The van der Waals surface area contributed by atoms with E-state index in [1.54, 1.807) is 12.1 Å². The van der Waals surface area contributed by atoms with Crippen LogP contribution in [0.3, 0.4) is 0 Å². The predicted molar refractivity (Wildman–Crippen MR) is 68.1 cm³/mol. The van der Waals surface area contributed by atoms with Crippen LogP contribution in [-0.2, 0) is 0 Å². The molecule has 0 saturated carbocycles. The van der Waals surface area contributed by atoms with Gasteiger partial charge in [0.05, 0.1) is 0 Å². The van der Waals surface area contributed by atoms with Crippen molar-refractivity contribution in [2.75, 3.05) is 6.54 Å². The van der Waals surface area contributed by atoms with Crippen molar-refractivity contribution < 1.29 is 17.9 Å². The zero-order valence-electron chi connectivity index (χ0n) is 9.26. The average molecular weight is 347 g/mol. The molecule has 1 atom stereocenters. The molecule has 0 aliphatic carbocycles. The van der Waals surface area contributed by atoms with Gasteiger partial charge in [0.2, 0.25) is 0 Å². The molecule has 1 heterocycles. The van der Waals surface area contributed by atoms with Crippen LogP contribution in [0.5, 0.6) is 5.75 Å². The highest BCUT2D eigenvalue weighted by Crippen LogP contribution is 2.35. The molecule has 0 radical (unpaired) electrons. The van der Waals surface area contributed by atoms with E-state index in [-0.39, 0.29) is 24.2 Å². The maximum absolute atomic E-state index is 12.3. The van der Waals surface area contributed by atoms with Gasteiger partial charge in [-0.25, -0.2) is 0 Å². The number of nitrogens with one attached hydrogen (secondary N) is 1. The number of ether oxygens (including phenoxy) is 1. The van der Waals surface area contributed by atoms with Crippen LogP contribution in [0.2, 0.25) is 0 Å².